The Balaban J connectivity index is 0.000000291. The predicted octanol–water partition coefficient (Wildman–Crippen LogP) is 2.16. The summed E-state index contributed by atoms with van der Waals surface area (Å²) in [5.74, 6) is 2.18. The zero-order chi connectivity index (χ0) is 25.6. The van der Waals surface area contributed by atoms with Gasteiger partial charge in [-0.15, -0.1) is 0 Å². The van der Waals surface area contributed by atoms with Gasteiger partial charge < -0.3 is 20.4 Å². The molecule has 4 rings (SSSR count). The van der Waals surface area contributed by atoms with Gasteiger partial charge in [-0.2, -0.15) is 0 Å². The fourth-order valence-corrected chi connectivity index (χ4v) is 4.32. The van der Waals surface area contributed by atoms with E-state index in [0.717, 1.165) is 71.3 Å². The van der Waals surface area contributed by atoms with Crippen molar-refractivity contribution >= 4 is 40.6 Å². The Bertz CT molecular complexity index is 809. The molecule has 4 heterocycles. The number of piperazine rings is 2. The standard InChI is InChI=1S/C11H17ClN4O.C6H14N2O.C5H4Cl2N2.CH4/c1-9-13-10(12)8-11(14-9)16-4-2-15(3-5-16)6-7-17;9-6-5-8-3-1-7-2-4-8;1-3-8-4(6)2-5(7)9-3;/h8,17H,2-7H2,1H3;7,9H,1-6H2;2H,1H3;1H4. The van der Waals surface area contributed by atoms with Crippen molar-refractivity contribution in [3.63, 3.8) is 0 Å². The maximum atomic E-state index is 8.88. The van der Waals surface area contributed by atoms with Crippen molar-refractivity contribution in [1.29, 1.82) is 0 Å². The third kappa shape index (κ3) is 12.7. The zero-order valence-corrected chi connectivity index (χ0v) is 22.6. The van der Waals surface area contributed by atoms with Gasteiger partial charge in [0.15, 0.2) is 0 Å². The normalized spacial score (nSPS) is 16.2. The highest BCUT2D eigenvalue weighted by molar-refractivity contribution is 6.33. The van der Waals surface area contributed by atoms with E-state index in [1.54, 1.807) is 13.0 Å². The lowest BCUT2D eigenvalue weighted by atomic mass is 10.3. The Kier molecular flexibility index (Phi) is 16.3. The predicted molar refractivity (Wildman–Crippen MR) is 147 cm³/mol. The fraction of sp³-hybridized carbons (Fsp3) is 0.652. The number of aryl methyl sites for hydroxylation is 2. The van der Waals surface area contributed by atoms with Crippen LogP contribution in [0.3, 0.4) is 0 Å². The maximum Gasteiger partial charge on any atom is 0.134 e. The Morgan fingerprint density at radius 1 is 0.722 bits per heavy atom. The summed E-state index contributed by atoms with van der Waals surface area (Å²) in [4.78, 5) is 22.8. The third-order valence-electron chi connectivity index (χ3n) is 5.31. The molecule has 2 fully saturated rings. The number of rotatable bonds is 5. The van der Waals surface area contributed by atoms with Crippen molar-refractivity contribution in [3.05, 3.63) is 39.2 Å². The van der Waals surface area contributed by atoms with Gasteiger partial charge in [-0.3, -0.25) is 9.80 Å². The molecule has 2 aliphatic rings. The van der Waals surface area contributed by atoms with Crippen molar-refractivity contribution in [3.8, 4) is 0 Å². The SMILES string of the molecule is C.Cc1nc(Cl)cc(Cl)n1.Cc1nc(Cl)cc(N2CCN(CCO)CC2)n1.OCCN1CCNCC1. The van der Waals surface area contributed by atoms with E-state index in [1.807, 2.05) is 6.92 Å². The van der Waals surface area contributed by atoms with Gasteiger partial charge in [-0.05, 0) is 13.8 Å². The first-order valence-corrected chi connectivity index (χ1v) is 12.7. The number of β-amino-alcohol motifs (C(OH)–C–C–N with tert-alkyl or cyclic N) is 2. The van der Waals surface area contributed by atoms with Gasteiger partial charge in [0.1, 0.15) is 32.9 Å². The number of halogens is 3. The van der Waals surface area contributed by atoms with Gasteiger partial charge in [0.05, 0.1) is 13.2 Å². The summed E-state index contributed by atoms with van der Waals surface area (Å²) in [5, 5.41) is 21.9. The molecule has 2 aromatic rings. The number of aliphatic hydroxyl groups is 2. The lowest BCUT2D eigenvalue weighted by Gasteiger charge is -2.35. The van der Waals surface area contributed by atoms with Gasteiger partial charge in [0.2, 0.25) is 0 Å². The molecule has 0 aliphatic carbocycles. The summed E-state index contributed by atoms with van der Waals surface area (Å²) < 4.78 is 0. The molecule has 2 aliphatic heterocycles. The summed E-state index contributed by atoms with van der Waals surface area (Å²) in [7, 11) is 0. The van der Waals surface area contributed by atoms with E-state index < -0.39 is 0 Å². The highest BCUT2D eigenvalue weighted by atomic mass is 35.5. The zero-order valence-electron chi connectivity index (χ0n) is 20.3. The molecule has 10 nitrogen and oxygen atoms in total. The van der Waals surface area contributed by atoms with Crippen molar-refractivity contribution in [1.82, 2.24) is 35.1 Å². The molecular weight excluding hydrogens is 527 g/mol. The number of hydrogen-bond donors (Lipinski definition) is 3. The second-order valence-electron chi connectivity index (χ2n) is 8.02. The molecule has 0 amide bonds. The second kappa shape index (κ2) is 18.0. The molecule has 204 valence electrons. The van der Waals surface area contributed by atoms with Gasteiger partial charge in [-0.25, -0.2) is 19.9 Å². The van der Waals surface area contributed by atoms with E-state index >= 15 is 0 Å². The molecule has 2 saturated heterocycles. The van der Waals surface area contributed by atoms with Gasteiger partial charge in [-0.1, -0.05) is 42.2 Å². The third-order valence-corrected chi connectivity index (χ3v) is 5.89. The highest BCUT2D eigenvalue weighted by Crippen LogP contribution is 2.17. The van der Waals surface area contributed by atoms with E-state index in [2.05, 4.69) is 40.0 Å². The molecule has 0 unspecified atom stereocenters. The van der Waals surface area contributed by atoms with Crippen LogP contribution in [0, 0.1) is 13.8 Å². The summed E-state index contributed by atoms with van der Waals surface area (Å²) in [5.41, 5.74) is 0. The van der Waals surface area contributed by atoms with Crippen LogP contribution in [-0.2, 0) is 0 Å². The van der Waals surface area contributed by atoms with Crippen LogP contribution in [0.25, 0.3) is 0 Å². The number of hydrogen-bond acceptors (Lipinski definition) is 10. The van der Waals surface area contributed by atoms with Gasteiger partial charge >= 0.3 is 0 Å². The smallest absolute Gasteiger partial charge is 0.134 e. The summed E-state index contributed by atoms with van der Waals surface area (Å²) in [6.07, 6.45) is 0. The molecular formula is C23H39Cl3N8O2. The number of aromatic nitrogens is 4. The number of nitrogens with one attached hydrogen (secondary N) is 1. The number of aliphatic hydroxyl groups excluding tert-OH is 2. The summed E-state index contributed by atoms with van der Waals surface area (Å²) >= 11 is 17.0. The Morgan fingerprint density at radius 2 is 1.17 bits per heavy atom. The van der Waals surface area contributed by atoms with E-state index in [1.165, 1.54) is 6.07 Å². The van der Waals surface area contributed by atoms with Gasteiger partial charge in [0, 0.05) is 77.6 Å². The van der Waals surface area contributed by atoms with Gasteiger partial charge in [0.25, 0.3) is 0 Å². The lowest BCUT2D eigenvalue weighted by molar-refractivity contribution is 0.180. The molecule has 0 saturated carbocycles. The minimum Gasteiger partial charge on any atom is -0.395 e. The fourth-order valence-electron chi connectivity index (χ4n) is 3.59. The topological polar surface area (TPSA) is 114 Å². The Hall–Kier alpha value is -1.37. The van der Waals surface area contributed by atoms with Crippen LogP contribution in [0.4, 0.5) is 5.82 Å². The number of nitrogens with zero attached hydrogens (tertiary/aromatic N) is 7. The molecule has 0 aromatic carbocycles. The molecule has 36 heavy (non-hydrogen) atoms. The van der Waals surface area contributed by atoms with Crippen molar-refractivity contribution < 1.29 is 10.2 Å². The van der Waals surface area contributed by atoms with Crippen LogP contribution in [0.1, 0.15) is 19.1 Å². The molecule has 3 N–H and O–H groups in total. The average Bonchev–Trinajstić information content (AvgIpc) is 2.80. The average molecular weight is 566 g/mol. The lowest BCUT2D eigenvalue weighted by Crippen LogP contribution is -2.47. The van der Waals surface area contributed by atoms with Crippen LogP contribution >= 0.6 is 34.8 Å². The molecule has 2 aromatic heterocycles. The molecule has 0 atom stereocenters. The monoisotopic (exact) mass is 564 g/mol. The van der Waals surface area contributed by atoms with E-state index in [0.29, 0.717) is 33.7 Å². The van der Waals surface area contributed by atoms with Crippen LogP contribution in [0.2, 0.25) is 15.5 Å². The first-order chi connectivity index (χ1) is 16.8. The first-order valence-electron chi connectivity index (χ1n) is 11.6. The van der Waals surface area contributed by atoms with Crippen molar-refractivity contribution in [2.75, 3.05) is 83.6 Å². The summed E-state index contributed by atoms with van der Waals surface area (Å²) in [6.45, 7) is 13.7. The summed E-state index contributed by atoms with van der Waals surface area (Å²) in [6, 6.07) is 3.30. The van der Waals surface area contributed by atoms with Crippen molar-refractivity contribution in [2.45, 2.75) is 21.3 Å². The molecule has 0 bridgehead atoms. The highest BCUT2D eigenvalue weighted by Gasteiger charge is 2.18. The molecule has 13 heteroatoms. The largest absolute Gasteiger partial charge is 0.395 e. The quantitative estimate of drug-likeness (QED) is 0.466. The molecule has 0 spiro atoms. The van der Waals surface area contributed by atoms with Crippen LogP contribution in [0.15, 0.2) is 12.1 Å². The minimum absolute atomic E-state index is 0. The molecule has 0 radical (unpaired) electrons. The first kappa shape index (κ1) is 32.7. The Labute approximate surface area is 229 Å². The van der Waals surface area contributed by atoms with Crippen LogP contribution in [-0.4, -0.2) is 119 Å². The number of anilines is 1. The Morgan fingerprint density at radius 3 is 1.61 bits per heavy atom. The van der Waals surface area contributed by atoms with E-state index in [-0.39, 0.29) is 14.0 Å². The van der Waals surface area contributed by atoms with E-state index in [4.69, 9.17) is 45.0 Å². The van der Waals surface area contributed by atoms with Crippen LogP contribution < -0.4 is 10.2 Å². The maximum absolute atomic E-state index is 8.88. The van der Waals surface area contributed by atoms with Crippen LogP contribution in [0.5, 0.6) is 0 Å². The van der Waals surface area contributed by atoms with E-state index in [9.17, 15) is 0 Å². The van der Waals surface area contributed by atoms with Crippen molar-refractivity contribution in [2.24, 2.45) is 0 Å². The minimum atomic E-state index is 0. The second-order valence-corrected chi connectivity index (χ2v) is 9.19.